The Kier molecular flexibility index (Phi) is 2.75. The molecule has 0 atom stereocenters. The molecule has 0 bridgehead atoms. The van der Waals surface area contributed by atoms with Gasteiger partial charge in [-0.2, -0.15) is 0 Å². The maximum Gasteiger partial charge on any atom is 0.506 e. The number of terminal acetylenes is 1. The zero-order valence-electron chi connectivity index (χ0n) is 6.05. The van der Waals surface area contributed by atoms with E-state index in [2.05, 4.69) is 10.7 Å². The first kappa shape index (κ1) is 8.83. The minimum atomic E-state index is -1.29. The fourth-order valence-electron chi connectivity index (χ4n) is 0.518. The molecular formula is C7H10O3. The second kappa shape index (κ2) is 3.11. The van der Waals surface area contributed by atoms with Crippen molar-refractivity contribution in [1.82, 2.24) is 0 Å². The topological polar surface area (TPSA) is 46.5 Å². The van der Waals surface area contributed by atoms with Gasteiger partial charge in [0.05, 0.1) is 0 Å². The quantitative estimate of drug-likeness (QED) is 0.469. The van der Waals surface area contributed by atoms with Gasteiger partial charge in [0.2, 0.25) is 0 Å². The van der Waals surface area contributed by atoms with Crippen LogP contribution in [-0.4, -0.2) is 16.9 Å². The van der Waals surface area contributed by atoms with Crippen LogP contribution in [0, 0.1) is 12.3 Å². The van der Waals surface area contributed by atoms with E-state index in [4.69, 9.17) is 11.5 Å². The molecule has 0 saturated carbocycles. The Bertz CT molecular complexity index is 164. The van der Waals surface area contributed by atoms with E-state index >= 15 is 0 Å². The molecule has 0 fully saturated rings. The summed E-state index contributed by atoms with van der Waals surface area (Å²) in [6.45, 7) is 3.25. The maximum absolute atomic E-state index is 10.00. The third-order valence-corrected chi connectivity index (χ3v) is 0.891. The molecule has 0 spiro atoms. The summed E-state index contributed by atoms with van der Waals surface area (Å²) in [7, 11) is 0. The first-order valence-electron chi connectivity index (χ1n) is 2.83. The minimum Gasteiger partial charge on any atom is -0.450 e. The molecule has 3 nitrogen and oxygen atoms in total. The van der Waals surface area contributed by atoms with Crippen LogP contribution in [0.5, 0.6) is 0 Å². The Balaban J connectivity index is 3.89. The van der Waals surface area contributed by atoms with Gasteiger partial charge in [0.1, 0.15) is 5.60 Å². The molecular weight excluding hydrogens is 132 g/mol. The second-order valence-electron chi connectivity index (χ2n) is 2.51. The van der Waals surface area contributed by atoms with Crippen LogP contribution in [0.4, 0.5) is 4.79 Å². The van der Waals surface area contributed by atoms with Gasteiger partial charge in [-0.1, -0.05) is 0 Å². The molecule has 0 aliphatic heterocycles. The number of ether oxygens (including phenoxy) is 1. The number of hydrogen-bond donors (Lipinski definition) is 1. The van der Waals surface area contributed by atoms with Gasteiger partial charge in [-0.25, -0.2) is 4.79 Å². The summed E-state index contributed by atoms with van der Waals surface area (Å²) in [5, 5.41) is 8.18. The van der Waals surface area contributed by atoms with Crippen molar-refractivity contribution in [1.29, 1.82) is 0 Å². The summed E-state index contributed by atoms with van der Waals surface area (Å²) < 4.78 is 4.45. The molecule has 0 aliphatic rings. The molecule has 0 aliphatic carbocycles. The summed E-state index contributed by atoms with van der Waals surface area (Å²) in [6.07, 6.45) is 3.97. The smallest absolute Gasteiger partial charge is 0.450 e. The fraction of sp³-hybridized carbons (Fsp3) is 0.571. The van der Waals surface area contributed by atoms with Crippen LogP contribution in [0.15, 0.2) is 0 Å². The zero-order chi connectivity index (χ0) is 8.20. The van der Waals surface area contributed by atoms with Gasteiger partial charge in [-0.3, -0.25) is 0 Å². The van der Waals surface area contributed by atoms with Crippen molar-refractivity contribution in [2.24, 2.45) is 0 Å². The number of carbonyl (C=O) groups is 1. The zero-order valence-corrected chi connectivity index (χ0v) is 6.05. The van der Waals surface area contributed by atoms with E-state index in [1.54, 1.807) is 13.8 Å². The summed E-state index contributed by atoms with van der Waals surface area (Å²) in [6, 6.07) is 0. The van der Waals surface area contributed by atoms with Crippen LogP contribution >= 0.6 is 0 Å². The van der Waals surface area contributed by atoms with Crippen LogP contribution in [0.2, 0.25) is 0 Å². The summed E-state index contributed by atoms with van der Waals surface area (Å²) in [4.78, 5) is 10.00. The van der Waals surface area contributed by atoms with Gasteiger partial charge in [0.15, 0.2) is 0 Å². The van der Waals surface area contributed by atoms with Gasteiger partial charge in [0, 0.05) is 6.42 Å². The minimum absolute atomic E-state index is 0.291. The molecule has 0 radical (unpaired) electrons. The van der Waals surface area contributed by atoms with E-state index in [1.807, 2.05) is 0 Å². The Labute approximate surface area is 60.0 Å². The van der Waals surface area contributed by atoms with Crippen molar-refractivity contribution < 1.29 is 14.6 Å². The molecule has 0 amide bonds. The third kappa shape index (κ3) is 3.79. The lowest BCUT2D eigenvalue weighted by atomic mass is 10.1. The lowest BCUT2D eigenvalue weighted by Crippen LogP contribution is -2.26. The summed E-state index contributed by atoms with van der Waals surface area (Å²) in [5.41, 5.74) is -0.763. The first-order chi connectivity index (χ1) is 4.48. The Hall–Kier alpha value is -1.17. The first-order valence-corrected chi connectivity index (χ1v) is 2.83. The molecule has 0 heterocycles. The van der Waals surface area contributed by atoms with E-state index in [1.165, 1.54) is 0 Å². The Morgan fingerprint density at radius 2 is 2.30 bits per heavy atom. The average Bonchev–Trinajstić information content (AvgIpc) is 1.59. The predicted octanol–water partition coefficient (Wildman–Crippen LogP) is 1.48. The van der Waals surface area contributed by atoms with E-state index in [0.717, 1.165) is 0 Å². The van der Waals surface area contributed by atoms with E-state index in [0.29, 0.717) is 6.42 Å². The highest BCUT2D eigenvalue weighted by Gasteiger charge is 2.20. The van der Waals surface area contributed by atoms with E-state index < -0.39 is 11.8 Å². The molecule has 10 heavy (non-hydrogen) atoms. The number of rotatable bonds is 2. The van der Waals surface area contributed by atoms with Crippen LogP contribution < -0.4 is 0 Å². The number of hydrogen-bond acceptors (Lipinski definition) is 2. The van der Waals surface area contributed by atoms with Crippen LogP contribution in [0.3, 0.4) is 0 Å². The average molecular weight is 142 g/mol. The van der Waals surface area contributed by atoms with E-state index in [9.17, 15) is 4.79 Å². The van der Waals surface area contributed by atoms with Gasteiger partial charge in [-0.15, -0.1) is 12.3 Å². The summed E-state index contributed by atoms with van der Waals surface area (Å²) >= 11 is 0. The van der Waals surface area contributed by atoms with Gasteiger partial charge in [0.25, 0.3) is 0 Å². The van der Waals surface area contributed by atoms with Gasteiger partial charge < -0.3 is 9.84 Å². The Morgan fingerprint density at radius 1 is 1.80 bits per heavy atom. The molecule has 1 N–H and O–H groups in total. The van der Waals surface area contributed by atoms with Crippen LogP contribution in [-0.2, 0) is 4.74 Å². The van der Waals surface area contributed by atoms with E-state index in [-0.39, 0.29) is 0 Å². The standard InChI is InChI=1S/C7H10O3/c1-4-5-7(2,3)10-6(8)9/h1H,5H2,2-3H3,(H,8,9). The molecule has 0 aromatic rings. The van der Waals surface area contributed by atoms with Crippen LogP contribution in [0.1, 0.15) is 20.3 Å². The Morgan fingerprint density at radius 3 is 2.60 bits per heavy atom. The van der Waals surface area contributed by atoms with Crippen molar-refractivity contribution in [3.63, 3.8) is 0 Å². The fourth-order valence-corrected chi connectivity index (χ4v) is 0.518. The van der Waals surface area contributed by atoms with Crippen molar-refractivity contribution in [2.45, 2.75) is 25.9 Å². The monoisotopic (exact) mass is 142 g/mol. The molecule has 0 aromatic carbocycles. The lowest BCUT2D eigenvalue weighted by molar-refractivity contribution is 0.00700. The summed E-state index contributed by atoms with van der Waals surface area (Å²) in [5.74, 6) is 2.33. The highest BCUT2D eigenvalue weighted by Crippen LogP contribution is 2.12. The SMILES string of the molecule is C#CCC(C)(C)OC(=O)O. The molecule has 3 heteroatoms. The van der Waals surface area contributed by atoms with Crippen molar-refractivity contribution in [3.05, 3.63) is 0 Å². The van der Waals surface area contributed by atoms with Gasteiger partial charge >= 0.3 is 6.16 Å². The maximum atomic E-state index is 10.00. The predicted molar refractivity (Wildman–Crippen MR) is 36.6 cm³/mol. The number of carboxylic acid groups (broad SMARTS) is 1. The molecule has 0 rings (SSSR count). The lowest BCUT2D eigenvalue weighted by Gasteiger charge is -2.19. The largest absolute Gasteiger partial charge is 0.506 e. The molecule has 0 aromatic heterocycles. The normalized spacial score (nSPS) is 10.1. The highest BCUT2D eigenvalue weighted by atomic mass is 16.7. The highest BCUT2D eigenvalue weighted by molar-refractivity contribution is 5.57. The molecule has 0 unspecified atom stereocenters. The van der Waals surface area contributed by atoms with Crippen LogP contribution in [0.25, 0.3) is 0 Å². The second-order valence-corrected chi connectivity index (χ2v) is 2.51. The molecule has 56 valence electrons. The van der Waals surface area contributed by atoms with Crippen molar-refractivity contribution >= 4 is 6.16 Å². The van der Waals surface area contributed by atoms with Crippen molar-refractivity contribution in [3.8, 4) is 12.3 Å². The molecule has 0 saturated heterocycles. The van der Waals surface area contributed by atoms with Gasteiger partial charge in [-0.05, 0) is 13.8 Å². The van der Waals surface area contributed by atoms with Crippen molar-refractivity contribution in [2.75, 3.05) is 0 Å². The third-order valence-electron chi connectivity index (χ3n) is 0.891.